The van der Waals surface area contributed by atoms with Gasteiger partial charge in [0, 0.05) is 37.8 Å². The van der Waals surface area contributed by atoms with Crippen molar-refractivity contribution >= 4 is 29.9 Å². The molecule has 1 atom stereocenters. The zero-order valence-electron chi connectivity index (χ0n) is 17.8. The maximum Gasteiger partial charge on any atom is 0.401 e. The van der Waals surface area contributed by atoms with Crippen LogP contribution in [0.15, 0.2) is 29.3 Å². The Kier molecular flexibility index (Phi) is 11.8. The highest BCUT2D eigenvalue weighted by Crippen LogP contribution is 2.20. The first-order chi connectivity index (χ1) is 13.8. The van der Waals surface area contributed by atoms with Gasteiger partial charge in [0.15, 0.2) is 5.96 Å². The zero-order valence-corrected chi connectivity index (χ0v) is 20.2. The van der Waals surface area contributed by atoms with Crippen LogP contribution in [0.3, 0.4) is 0 Å². The third-order valence-corrected chi connectivity index (χ3v) is 4.54. The van der Waals surface area contributed by atoms with Crippen molar-refractivity contribution in [3.05, 3.63) is 29.8 Å². The lowest BCUT2D eigenvalue weighted by Gasteiger charge is -2.20. The van der Waals surface area contributed by atoms with Gasteiger partial charge in [-0.15, -0.1) is 24.0 Å². The lowest BCUT2D eigenvalue weighted by atomic mass is 10.2. The SMILES string of the molecule is CCNC(=NCc1ccccc1OCCN(C)C)NC1CCN(CC(F)(F)F)C1.I. The van der Waals surface area contributed by atoms with E-state index in [0.29, 0.717) is 45.2 Å². The predicted molar refractivity (Wildman–Crippen MR) is 125 cm³/mol. The monoisotopic (exact) mass is 543 g/mol. The van der Waals surface area contributed by atoms with Crippen molar-refractivity contribution in [2.75, 3.05) is 53.4 Å². The highest BCUT2D eigenvalue weighted by atomic mass is 127. The van der Waals surface area contributed by atoms with E-state index >= 15 is 0 Å². The Hall–Kier alpha value is -1.27. The van der Waals surface area contributed by atoms with E-state index in [2.05, 4.69) is 20.5 Å². The van der Waals surface area contributed by atoms with Crippen molar-refractivity contribution in [2.45, 2.75) is 32.1 Å². The van der Waals surface area contributed by atoms with Crippen LogP contribution >= 0.6 is 24.0 Å². The quantitative estimate of drug-likeness (QED) is 0.285. The second kappa shape index (κ2) is 13.2. The molecule has 30 heavy (non-hydrogen) atoms. The Morgan fingerprint density at radius 3 is 2.70 bits per heavy atom. The molecule has 2 N–H and O–H groups in total. The fraction of sp³-hybridized carbons (Fsp3) is 0.650. The first-order valence-electron chi connectivity index (χ1n) is 9.96. The number of halogens is 4. The number of hydrogen-bond donors (Lipinski definition) is 2. The number of aliphatic imine (C=N–C) groups is 1. The van der Waals surface area contributed by atoms with Crippen LogP contribution in [0.5, 0.6) is 5.75 Å². The van der Waals surface area contributed by atoms with Gasteiger partial charge in [-0.05, 0) is 33.5 Å². The molecule has 0 spiro atoms. The summed E-state index contributed by atoms with van der Waals surface area (Å²) in [7, 11) is 3.99. The van der Waals surface area contributed by atoms with E-state index < -0.39 is 12.7 Å². The zero-order chi connectivity index (χ0) is 21.3. The molecule has 1 aromatic carbocycles. The first-order valence-corrected chi connectivity index (χ1v) is 9.96. The lowest BCUT2D eigenvalue weighted by Crippen LogP contribution is -2.45. The van der Waals surface area contributed by atoms with Crippen molar-refractivity contribution in [3.63, 3.8) is 0 Å². The summed E-state index contributed by atoms with van der Waals surface area (Å²) in [6.07, 6.45) is -3.51. The van der Waals surface area contributed by atoms with Gasteiger partial charge in [0.05, 0.1) is 13.1 Å². The molecule has 0 amide bonds. The molecule has 0 bridgehead atoms. The molecule has 6 nitrogen and oxygen atoms in total. The second-order valence-electron chi connectivity index (χ2n) is 7.43. The topological polar surface area (TPSA) is 52.1 Å². The van der Waals surface area contributed by atoms with Crippen LogP contribution in [-0.2, 0) is 6.54 Å². The molecule has 1 unspecified atom stereocenters. The maximum atomic E-state index is 12.6. The van der Waals surface area contributed by atoms with Crippen LogP contribution in [0.2, 0.25) is 0 Å². The molecular weight excluding hydrogens is 510 g/mol. The summed E-state index contributed by atoms with van der Waals surface area (Å²) in [4.78, 5) is 8.09. The summed E-state index contributed by atoms with van der Waals surface area (Å²) in [5, 5.41) is 6.43. The predicted octanol–water partition coefficient (Wildman–Crippen LogP) is 2.94. The van der Waals surface area contributed by atoms with Crippen molar-refractivity contribution < 1.29 is 17.9 Å². The number of nitrogens with one attached hydrogen (secondary N) is 2. The normalized spacial score (nSPS) is 17.7. The van der Waals surface area contributed by atoms with Gasteiger partial charge in [-0.2, -0.15) is 13.2 Å². The van der Waals surface area contributed by atoms with Gasteiger partial charge >= 0.3 is 6.18 Å². The fourth-order valence-corrected chi connectivity index (χ4v) is 3.14. The van der Waals surface area contributed by atoms with Crippen molar-refractivity contribution in [2.24, 2.45) is 4.99 Å². The minimum atomic E-state index is -4.16. The van der Waals surface area contributed by atoms with E-state index in [1.165, 1.54) is 4.90 Å². The molecule has 2 rings (SSSR count). The van der Waals surface area contributed by atoms with Gasteiger partial charge in [0.25, 0.3) is 0 Å². The van der Waals surface area contributed by atoms with Gasteiger partial charge in [-0.25, -0.2) is 4.99 Å². The second-order valence-corrected chi connectivity index (χ2v) is 7.43. The Morgan fingerprint density at radius 1 is 1.30 bits per heavy atom. The van der Waals surface area contributed by atoms with Gasteiger partial charge in [-0.3, -0.25) is 4.90 Å². The van der Waals surface area contributed by atoms with E-state index in [4.69, 9.17) is 4.74 Å². The number of ether oxygens (including phenoxy) is 1. The van der Waals surface area contributed by atoms with Crippen LogP contribution in [-0.4, -0.2) is 81.4 Å². The van der Waals surface area contributed by atoms with E-state index in [1.54, 1.807) is 0 Å². The molecule has 1 aliphatic rings. The van der Waals surface area contributed by atoms with Crippen LogP contribution in [0.1, 0.15) is 18.9 Å². The van der Waals surface area contributed by atoms with Gasteiger partial charge < -0.3 is 20.3 Å². The molecule has 172 valence electrons. The Bertz CT molecular complexity index is 658. The van der Waals surface area contributed by atoms with E-state index in [9.17, 15) is 13.2 Å². The summed E-state index contributed by atoms with van der Waals surface area (Å²) >= 11 is 0. The molecule has 0 saturated carbocycles. The summed E-state index contributed by atoms with van der Waals surface area (Å²) in [6, 6.07) is 7.71. The molecule has 10 heteroatoms. The molecule has 1 heterocycles. The van der Waals surface area contributed by atoms with E-state index in [0.717, 1.165) is 17.9 Å². The summed E-state index contributed by atoms with van der Waals surface area (Å²) in [6.45, 7) is 4.38. The van der Waals surface area contributed by atoms with Crippen molar-refractivity contribution in [1.82, 2.24) is 20.4 Å². The molecule has 0 aromatic heterocycles. The Balaban J connectivity index is 0.00000450. The number of rotatable bonds is 9. The minimum Gasteiger partial charge on any atom is -0.492 e. The molecule has 0 radical (unpaired) electrons. The summed E-state index contributed by atoms with van der Waals surface area (Å²) < 4.78 is 43.6. The molecule has 1 aromatic rings. The fourth-order valence-electron chi connectivity index (χ4n) is 3.14. The Morgan fingerprint density at radius 2 is 2.03 bits per heavy atom. The summed E-state index contributed by atoms with van der Waals surface area (Å²) in [5.41, 5.74) is 0.966. The van der Waals surface area contributed by atoms with E-state index in [1.807, 2.05) is 45.3 Å². The third-order valence-electron chi connectivity index (χ3n) is 4.54. The number of nitrogens with zero attached hydrogens (tertiary/aromatic N) is 3. The number of alkyl halides is 3. The lowest BCUT2D eigenvalue weighted by molar-refractivity contribution is -0.143. The van der Waals surface area contributed by atoms with Crippen molar-refractivity contribution in [3.8, 4) is 5.75 Å². The van der Waals surface area contributed by atoms with Crippen molar-refractivity contribution in [1.29, 1.82) is 0 Å². The average molecular weight is 543 g/mol. The van der Waals surface area contributed by atoms with Gasteiger partial charge in [0.1, 0.15) is 12.4 Å². The number of para-hydroxylation sites is 1. The molecular formula is C20H33F3IN5O. The maximum absolute atomic E-state index is 12.6. The number of likely N-dealkylation sites (tertiary alicyclic amines) is 1. The first kappa shape index (κ1) is 26.8. The number of hydrogen-bond acceptors (Lipinski definition) is 4. The minimum absolute atomic E-state index is 0. The molecule has 1 aliphatic heterocycles. The van der Waals surface area contributed by atoms with Crippen LogP contribution in [0.25, 0.3) is 0 Å². The molecule has 0 aliphatic carbocycles. The largest absolute Gasteiger partial charge is 0.492 e. The number of guanidine groups is 1. The number of benzene rings is 1. The van der Waals surface area contributed by atoms with Crippen LogP contribution in [0, 0.1) is 0 Å². The standard InChI is InChI=1S/C20H32F3N5O.HI/c1-4-24-19(26-17-9-10-28(14-17)15-20(21,22)23)25-13-16-7-5-6-8-18(16)29-12-11-27(2)3;/h5-8,17H,4,9-15H2,1-3H3,(H2,24,25,26);1H. The number of likely N-dealkylation sites (N-methyl/N-ethyl adjacent to an activating group) is 1. The highest BCUT2D eigenvalue weighted by Gasteiger charge is 2.34. The van der Waals surface area contributed by atoms with Gasteiger partial charge in [0.2, 0.25) is 0 Å². The molecule has 1 fully saturated rings. The van der Waals surface area contributed by atoms with Crippen LogP contribution < -0.4 is 15.4 Å². The average Bonchev–Trinajstić information content (AvgIpc) is 3.05. The summed E-state index contributed by atoms with van der Waals surface area (Å²) in [5.74, 6) is 1.40. The highest BCUT2D eigenvalue weighted by molar-refractivity contribution is 14.0. The smallest absolute Gasteiger partial charge is 0.401 e. The third kappa shape index (κ3) is 10.2. The van der Waals surface area contributed by atoms with Gasteiger partial charge in [-0.1, -0.05) is 18.2 Å². The Labute approximate surface area is 194 Å². The van der Waals surface area contributed by atoms with E-state index in [-0.39, 0.29) is 30.0 Å². The molecule has 1 saturated heterocycles. The van der Waals surface area contributed by atoms with Crippen LogP contribution in [0.4, 0.5) is 13.2 Å².